The second-order valence-corrected chi connectivity index (χ2v) is 7.93. The Balaban J connectivity index is 2.07. The maximum atomic E-state index is 12.2. The van der Waals surface area contributed by atoms with E-state index in [1.165, 1.54) is 31.9 Å². The van der Waals surface area contributed by atoms with E-state index in [0.717, 1.165) is 41.3 Å². The summed E-state index contributed by atoms with van der Waals surface area (Å²) in [5.41, 5.74) is 5.48. The number of ether oxygens (including phenoxy) is 1. The molecule has 154 valence electrons. The van der Waals surface area contributed by atoms with Gasteiger partial charge in [-0.25, -0.2) is 4.79 Å². The lowest BCUT2D eigenvalue weighted by Crippen LogP contribution is -2.07. The number of hydrogen-bond acceptors (Lipinski definition) is 3. The fourth-order valence-electron chi connectivity index (χ4n) is 4.85. The molecule has 0 spiro atoms. The maximum Gasteiger partial charge on any atom is 0.337 e. The van der Waals surface area contributed by atoms with Crippen LogP contribution in [-0.4, -0.2) is 23.9 Å². The number of carbonyl (C=O) groups excluding carboxylic acids is 2. The highest BCUT2D eigenvalue weighted by Gasteiger charge is 2.27. The van der Waals surface area contributed by atoms with Crippen molar-refractivity contribution in [1.82, 2.24) is 4.57 Å². The molecule has 4 heteroatoms. The summed E-state index contributed by atoms with van der Waals surface area (Å²) in [7, 11) is 1.40. The lowest BCUT2D eigenvalue weighted by molar-refractivity contribution is 0.0601. The van der Waals surface area contributed by atoms with E-state index >= 15 is 0 Å². The molecule has 2 aromatic carbocycles. The van der Waals surface area contributed by atoms with Crippen LogP contribution in [0.5, 0.6) is 0 Å². The molecule has 1 saturated carbocycles. The van der Waals surface area contributed by atoms with Crippen molar-refractivity contribution < 1.29 is 14.3 Å². The van der Waals surface area contributed by atoms with Crippen molar-refractivity contribution in [2.45, 2.75) is 44.6 Å². The summed E-state index contributed by atoms with van der Waals surface area (Å²) in [6.45, 7) is 4.55. The second kappa shape index (κ2) is 8.70. The molecule has 0 aliphatic heterocycles. The molecule has 1 aromatic heterocycles. The molecule has 0 atom stereocenters. The third kappa shape index (κ3) is 3.47. The first-order valence-corrected chi connectivity index (χ1v) is 10.6. The number of methoxy groups -OCH3 is 1. The Hall–Kier alpha value is -3.14. The fraction of sp³-hybridized carbons (Fsp3) is 0.308. The van der Waals surface area contributed by atoms with Crippen LogP contribution in [0.3, 0.4) is 0 Å². The number of aromatic nitrogens is 1. The molecule has 1 fully saturated rings. The van der Waals surface area contributed by atoms with Crippen LogP contribution in [0.25, 0.3) is 22.2 Å². The topological polar surface area (TPSA) is 48.3 Å². The molecule has 1 aliphatic rings. The van der Waals surface area contributed by atoms with Crippen molar-refractivity contribution in [3.8, 4) is 11.3 Å². The Kier molecular flexibility index (Phi) is 5.84. The molecule has 0 saturated heterocycles. The molecule has 1 aliphatic carbocycles. The normalized spacial score (nSPS) is 14.6. The van der Waals surface area contributed by atoms with Gasteiger partial charge in [0.05, 0.1) is 18.4 Å². The Morgan fingerprint density at radius 3 is 2.63 bits per heavy atom. The van der Waals surface area contributed by atoms with E-state index in [9.17, 15) is 9.59 Å². The molecule has 3 aromatic rings. The highest BCUT2D eigenvalue weighted by molar-refractivity contribution is 6.00. The molecule has 4 nitrogen and oxygen atoms in total. The van der Waals surface area contributed by atoms with E-state index in [1.54, 1.807) is 0 Å². The monoisotopic (exact) mass is 401 g/mol. The zero-order chi connectivity index (χ0) is 21.1. The Labute approximate surface area is 177 Å². The van der Waals surface area contributed by atoms with Crippen molar-refractivity contribution in [2.75, 3.05) is 7.11 Å². The zero-order valence-corrected chi connectivity index (χ0v) is 17.4. The van der Waals surface area contributed by atoms with Crippen LogP contribution in [0.1, 0.15) is 64.3 Å². The molecule has 0 radical (unpaired) electrons. The minimum atomic E-state index is -0.350. The van der Waals surface area contributed by atoms with Crippen LogP contribution in [-0.2, 0) is 11.3 Å². The molecule has 0 N–H and O–H groups in total. The zero-order valence-electron chi connectivity index (χ0n) is 17.4. The molecule has 4 rings (SSSR count). The summed E-state index contributed by atoms with van der Waals surface area (Å²) >= 11 is 0. The van der Waals surface area contributed by atoms with Gasteiger partial charge in [0, 0.05) is 28.6 Å². The van der Waals surface area contributed by atoms with Gasteiger partial charge in [0.15, 0.2) is 6.29 Å². The van der Waals surface area contributed by atoms with Gasteiger partial charge in [-0.2, -0.15) is 0 Å². The van der Waals surface area contributed by atoms with Crippen LogP contribution < -0.4 is 0 Å². The average Bonchev–Trinajstić information content (AvgIpc) is 3.12. The van der Waals surface area contributed by atoms with Gasteiger partial charge in [-0.3, -0.25) is 4.79 Å². The molecule has 1 heterocycles. The maximum absolute atomic E-state index is 12.2. The quantitative estimate of drug-likeness (QED) is 0.283. The molecular weight excluding hydrogens is 374 g/mol. The van der Waals surface area contributed by atoms with Crippen molar-refractivity contribution in [1.29, 1.82) is 0 Å². The number of benzene rings is 2. The Morgan fingerprint density at radius 2 is 1.93 bits per heavy atom. The van der Waals surface area contributed by atoms with Gasteiger partial charge in [0.2, 0.25) is 0 Å². The third-order valence-electron chi connectivity index (χ3n) is 6.19. The Bertz CT molecular complexity index is 1100. The van der Waals surface area contributed by atoms with Crippen LogP contribution in [0.4, 0.5) is 0 Å². The first-order chi connectivity index (χ1) is 14.7. The van der Waals surface area contributed by atoms with Crippen LogP contribution in [0.15, 0.2) is 55.1 Å². The fourth-order valence-corrected chi connectivity index (χ4v) is 4.85. The number of esters is 1. The van der Waals surface area contributed by atoms with E-state index in [-0.39, 0.29) is 5.97 Å². The first kappa shape index (κ1) is 20.1. The summed E-state index contributed by atoms with van der Waals surface area (Å²) in [6.07, 6.45) is 8.78. The lowest BCUT2D eigenvalue weighted by Gasteiger charge is -2.24. The number of fused-ring (bicyclic) bond motifs is 1. The van der Waals surface area contributed by atoms with Gasteiger partial charge in [-0.15, -0.1) is 6.58 Å². The smallest absolute Gasteiger partial charge is 0.337 e. The predicted molar refractivity (Wildman–Crippen MR) is 120 cm³/mol. The van der Waals surface area contributed by atoms with Crippen molar-refractivity contribution in [3.63, 3.8) is 0 Å². The molecule has 30 heavy (non-hydrogen) atoms. The van der Waals surface area contributed by atoms with Gasteiger partial charge in [-0.1, -0.05) is 55.7 Å². The van der Waals surface area contributed by atoms with Crippen molar-refractivity contribution in [3.05, 3.63) is 71.8 Å². The number of nitrogens with zero attached hydrogens (tertiary/aromatic N) is 1. The summed E-state index contributed by atoms with van der Waals surface area (Å²) < 4.78 is 7.14. The van der Waals surface area contributed by atoms with Gasteiger partial charge in [0.1, 0.15) is 0 Å². The first-order valence-electron chi connectivity index (χ1n) is 10.6. The number of aldehydes is 1. The molecule has 0 unspecified atom stereocenters. The van der Waals surface area contributed by atoms with Gasteiger partial charge in [-0.05, 0) is 36.5 Å². The van der Waals surface area contributed by atoms with E-state index in [0.29, 0.717) is 23.6 Å². The SMILES string of the molecule is C=CCn1c(-c2ccccc2C=O)c(C2CCCCC2)c2ccc(C(=O)OC)cc21. The molecule has 0 amide bonds. The van der Waals surface area contributed by atoms with Crippen LogP contribution in [0, 0.1) is 0 Å². The minimum Gasteiger partial charge on any atom is -0.465 e. The predicted octanol–water partition coefficient (Wildman–Crippen LogP) is 6.14. The van der Waals surface area contributed by atoms with Gasteiger partial charge >= 0.3 is 5.97 Å². The van der Waals surface area contributed by atoms with Gasteiger partial charge < -0.3 is 9.30 Å². The highest BCUT2D eigenvalue weighted by atomic mass is 16.5. The highest BCUT2D eigenvalue weighted by Crippen LogP contribution is 2.44. The Morgan fingerprint density at radius 1 is 1.17 bits per heavy atom. The summed E-state index contributed by atoms with van der Waals surface area (Å²) in [4.78, 5) is 24.1. The summed E-state index contributed by atoms with van der Waals surface area (Å²) in [5.74, 6) is 0.0864. The number of rotatable bonds is 6. The van der Waals surface area contributed by atoms with E-state index < -0.39 is 0 Å². The van der Waals surface area contributed by atoms with Crippen molar-refractivity contribution in [2.24, 2.45) is 0 Å². The van der Waals surface area contributed by atoms with Crippen LogP contribution in [0.2, 0.25) is 0 Å². The van der Waals surface area contributed by atoms with Gasteiger partial charge in [0.25, 0.3) is 0 Å². The van der Waals surface area contributed by atoms with Crippen LogP contribution >= 0.6 is 0 Å². The largest absolute Gasteiger partial charge is 0.465 e. The van der Waals surface area contributed by atoms with E-state index in [2.05, 4.69) is 11.1 Å². The number of allylic oxidation sites excluding steroid dienone is 1. The van der Waals surface area contributed by atoms with E-state index in [4.69, 9.17) is 4.74 Å². The summed E-state index contributed by atoms with van der Waals surface area (Å²) in [6, 6.07) is 13.5. The number of hydrogen-bond donors (Lipinski definition) is 0. The average molecular weight is 402 g/mol. The lowest BCUT2D eigenvalue weighted by atomic mass is 9.81. The van der Waals surface area contributed by atoms with Crippen molar-refractivity contribution >= 4 is 23.2 Å². The van der Waals surface area contributed by atoms with E-state index in [1.807, 2.05) is 48.5 Å². The number of carbonyl (C=O) groups is 2. The minimum absolute atomic E-state index is 0.350. The third-order valence-corrected chi connectivity index (χ3v) is 6.19. The standard InChI is InChI=1S/C26H27NO3/c1-3-15-27-23-16-19(26(29)30-2)13-14-22(23)24(18-9-5-4-6-10-18)25(27)21-12-8-7-11-20(21)17-28/h3,7-8,11-14,16-18H,1,4-6,9-10,15H2,2H3. The molecular formula is C26H27NO3. The second-order valence-electron chi connectivity index (χ2n) is 7.93. The molecule has 0 bridgehead atoms. The summed E-state index contributed by atoms with van der Waals surface area (Å²) in [5, 5.41) is 1.15.